The molecule has 2 aliphatic rings. The summed E-state index contributed by atoms with van der Waals surface area (Å²) in [6.45, 7) is 4.93. The van der Waals surface area contributed by atoms with Crippen molar-refractivity contribution in [1.29, 1.82) is 0 Å². The Kier molecular flexibility index (Phi) is 7.45. The van der Waals surface area contributed by atoms with E-state index in [2.05, 4.69) is 10.3 Å². The normalized spacial score (nSPS) is 20.8. The van der Waals surface area contributed by atoms with Gasteiger partial charge in [0.05, 0.1) is 36.9 Å². The summed E-state index contributed by atoms with van der Waals surface area (Å²) >= 11 is 0. The van der Waals surface area contributed by atoms with E-state index in [9.17, 15) is 18.0 Å². The first-order valence-corrected chi connectivity index (χ1v) is 12.7. The summed E-state index contributed by atoms with van der Waals surface area (Å²) in [4.78, 5) is 21.2. The molecule has 0 saturated carbocycles. The zero-order valence-corrected chi connectivity index (χ0v) is 21.4. The molecule has 0 spiro atoms. The van der Waals surface area contributed by atoms with Gasteiger partial charge in [-0.1, -0.05) is 24.3 Å². The zero-order chi connectivity index (χ0) is 26.9. The lowest BCUT2D eigenvalue weighted by Crippen LogP contribution is -2.48. The molecule has 1 aromatic heterocycles. The fourth-order valence-corrected chi connectivity index (χ4v) is 5.36. The van der Waals surface area contributed by atoms with E-state index >= 15 is 0 Å². The van der Waals surface area contributed by atoms with Crippen molar-refractivity contribution in [1.82, 2.24) is 14.8 Å². The van der Waals surface area contributed by atoms with Crippen LogP contribution in [0.5, 0.6) is 0 Å². The van der Waals surface area contributed by atoms with Gasteiger partial charge in [0.2, 0.25) is 0 Å². The van der Waals surface area contributed by atoms with Gasteiger partial charge in [-0.3, -0.25) is 4.98 Å². The van der Waals surface area contributed by atoms with Crippen molar-refractivity contribution in [3.63, 3.8) is 0 Å². The minimum Gasteiger partial charge on any atom is -0.378 e. The van der Waals surface area contributed by atoms with E-state index < -0.39 is 29.4 Å². The third-order valence-corrected chi connectivity index (χ3v) is 7.57. The van der Waals surface area contributed by atoms with Gasteiger partial charge in [0.25, 0.3) is 6.43 Å². The van der Waals surface area contributed by atoms with Gasteiger partial charge in [-0.05, 0) is 30.7 Å². The average Bonchev–Trinajstić information content (AvgIpc) is 3.39. The maximum atomic E-state index is 14.8. The van der Waals surface area contributed by atoms with Crippen LogP contribution in [0.1, 0.15) is 42.5 Å². The molecule has 7 nitrogen and oxygen atoms in total. The number of hydrogen-bond acceptors (Lipinski definition) is 5. The maximum Gasteiger partial charge on any atom is 0.320 e. The van der Waals surface area contributed by atoms with Crippen molar-refractivity contribution >= 4 is 22.6 Å². The minimum atomic E-state index is -2.89. The predicted octanol–water partition coefficient (Wildman–Crippen LogP) is 5.48. The van der Waals surface area contributed by atoms with E-state index in [4.69, 9.17) is 9.47 Å². The molecular formula is C28H31F3N4O3. The number of carbonyl (C=O) groups excluding carboxylic acids is 1. The van der Waals surface area contributed by atoms with Crippen molar-refractivity contribution < 1.29 is 27.4 Å². The van der Waals surface area contributed by atoms with Gasteiger partial charge < -0.3 is 24.6 Å². The molecule has 2 amide bonds. The molecule has 10 heteroatoms. The van der Waals surface area contributed by atoms with Crippen LogP contribution >= 0.6 is 0 Å². The number of morpholine rings is 1. The Morgan fingerprint density at radius 3 is 2.61 bits per heavy atom. The maximum absolute atomic E-state index is 14.8. The number of urea groups is 1. The Hall–Kier alpha value is -3.37. The van der Waals surface area contributed by atoms with Crippen molar-refractivity contribution in [3.05, 3.63) is 71.2 Å². The third kappa shape index (κ3) is 4.90. The number of rotatable bonds is 6. The molecule has 0 radical (unpaired) electrons. The van der Waals surface area contributed by atoms with Crippen LogP contribution in [0.4, 0.5) is 23.7 Å². The van der Waals surface area contributed by atoms with Gasteiger partial charge in [0.15, 0.2) is 0 Å². The molecule has 2 atom stereocenters. The second kappa shape index (κ2) is 10.8. The number of nitrogens with zero attached hydrogens (tertiary/aromatic N) is 3. The number of benzene rings is 2. The van der Waals surface area contributed by atoms with Gasteiger partial charge in [-0.2, -0.15) is 0 Å². The summed E-state index contributed by atoms with van der Waals surface area (Å²) in [6, 6.07) is 11.1. The molecule has 0 aliphatic carbocycles. The number of alkyl halides is 2. The van der Waals surface area contributed by atoms with E-state index in [1.807, 2.05) is 28.0 Å². The summed E-state index contributed by atoms with van der Waals surface area (Å²) in [7, 11) is 1.65. The van der Waals surface area contributed by atoms with Crippen LogP contribution in [0.2, 0.25) is 0 Å². The van der Waals surface area contributed by atoms with Crippen LogP contribution < -0.4 is 5.32 Å². The minimum absolute atomic E-state index is 0.0149. The summed E-state index contributed by atoms with van der Waals surface area (Å²) in [6.07, 6.45) is -0.610. The van der Waals surface area contributed by atoms with Gasteiger partial charge in [-0.25, -0.2) is 18.0 Å². The Balaban J connectivity index is 1.42. The van der Waals surface area contributed by atoms with Crippen molar-refractivity contribution in [2.75, 3.05) is 51.8 Å². The van der Waals surface area contributed by atoms with Crippen LogP contribution in [0, 0.1) is 5.82 Å². The number of carbonyl (C=O) groups is 1. The standard InChI is InChI=1S/C28H31F3N4O3/c1-18(20-4-3-5-21(25(20)29)26(30)31)33-24-8-10-32-23-7-6-19(16-22(23)24)28(37-2)9-11-35(17-28)27(36)34-12-14-38-15-13-34/h3-8,10,16,18,26H,9,11-15,17H2,1-2H3,(H,32,33)/t18-,28-/m1/s1. The number of anilines is 1. The van der Waals surface area contributed by atoms with Gasteiger partial charge in [0.1, 0.15) is 11.4 Å². The topological polar surface area (TPSA) is 66.9 Å². The summed E-state index contributed by atoms with van der Waals surface area (Å²) in [5, 5.41) is 4.07. The lowest BCUT2D eigenvalue weighted by atomic mass is 9.91. The van der Waals surface area contributed by atoms with Crippen LogP contribution in [-0.4, -0.2) is 67.3 Å². The molecule has 2 saturated heterocycles. The number of aromatic nitrogens is 1. The molecule has 2 aromatic carbocycles. The number of pyridine rings is 1. The number of fused-ring (bicyclic) bond motifs is 1. The summed E-state index contributed by atoms with van der Waals surface area (Å²) in [5.41, 5.74) is 1.17. The first-order chi connectivity index (χ1) is 18.3. The zero-order valence-electron chi connectivity index (χ0n) is 21.4. The smallest absolute Gasteiger partial charge is 0.320 e. The second-order valence-electron chi connectivity index (χ2n) is 9.76. The first kappa shape index (κ1) is 26.2. The molecule has 38 heavy (non-hydrogen) atoms. The lowest BCUT2D eigenvalue weighted by molar-refractivity contribution is -0.00603. The van der Waals surface area contributed by atoms with Gasteiger partial charge in [0, 0.05) is 56.0 Å². The molecule has 3 heterocycles. The van der Waals surface area contributed by atoms with Crippen LogP contribution in [0.3, 0.4) is 0 Å². The number of likely N-dealkylation sites (tertiary alicyclic amines) is 1. The molecule has 5 rings (SSSR count). The first-order valence-electron chi connectivity index (χ1n) is 12.7. The molecular weight excluding hydrogens is 497 g/mol. The van der Waals surface area contributed by atoms with E-state index in [1.54, 1.807) is 26.3 Å². The fraction of sp³-hybridized carbons (Fsp3) is 0.429. The van der Waals surface area contributed by atoms with E-state index in [0.29, 0.717) is 51.5 Å². The number of nitrogens with one attached hydrogen (secondary N) is 1. The Bertz CT molecular complexity index is 1320. The van der Waals surface area contributed by atoms with Crippen LogP contribution in [0.15, 0.2) is 48.7 Å². The summed E-state index contributed by atoms with van der Waals surface area (Å²) in [5.74, 6) is -0.907. The number of amides is 2. The van der Waals surface area contributed by atoms with Crippen molar-refractivity contribution in [2.24, 2.45) is 0 Å². The largest absolute Gasteiger partial charge is 0.378 e. The number of ether oxygens (including phenoxy) is 2. The van der Waals surface area contributed by atoms with Gasteiger partial charge >= 0.3 is 6.03 Å². The van der Waals surface area contributed by atoms with E-state index in [-0.39, 0.29) is 11.6 Å². The number of methoxy groups -OCH3 is 1. The lowest BCUT2D eigenvalue weighted by Gasteiger charge is -2.33. The highest BCUT2D eigenvalue weighted by atomic mass is 19.3. The molecule has 1 N–H and O–H groups in total. The SMILES string of the molecule is CO[C@]1(c2ccc3nccc(N[C@H](C)c4cccc(C(F)F)c4F)c3c2)CCN(C(=O)N2CCOCC2)C1. The highest BCUT2D eigenvalue weighted by Gasteiger charge is 2.43. The highest BCUT2D eigenvalue weighted by molar-refractivity contribution is 5.92. The molecule has 202 valence electrons. The molecule has 2 fully saturated rings. The predicted molar refractivity (Wildman–Crippen MR) is 138 cm³/mol. The van der Waals surface area contributed by atoms with E-state index in [1.165, 1.54) is 12.1 Å². The molecule has 3 aromatic rings. The van der Waals surface area contributed by atoms with E-state index in [0.717, 1.165) is 22.5 Å². The summed E-state index contributed by atoms with van der Waals surface area (Å²) < 4.78 is 52.7. The van der Waals surface area contributed by atoms with Crippen LogP contribution in [-0.2, 0) is 15.1 Å². The highest BCUT2D eigenvalue weighted by Crippen LogP contribution is 2.38. The Morgan fingerprint density at radius 1 is 1.11 bits per heavy atom. The molecule has 2 aliphatic heterocycles. The quantitative estimate of drug-likeness (QED) is 0.459. The fourth-order valence-electron chi connectivity index (χ4n) is 5.36. The number of halogens is 3. The van der Waals surface area contributed by atoms with Gasteiger partial charge in [-0.15, -0.1) is 0 Å². The Morgan fingerprint density at radius 2 is 1.87 bits per heavy atom. The third-order valence-electron chi connectivity index (χ3n) is 7.57. The Labute approximate surface area is 219 Å². The molecule has 0 unspecified atom stereocenters. The van der Waals surface area contributed by atoms with Crippen LogP contribution in [0.25, 0.3) is 10.9 Å². The van der Waals surface area contributed by atoms with Crippen molar-refractivity contribution in [3.8, 4) is 0 Å². The molecule has 0 bridgehead atoms. The monoisotopic (exact) mass is 528 g/mol. The van der Waals surface area contributed by atoms with Crippen molar-refractivity contribution in [2.45, 2.75) is 31.4 Å². The average molecular weight is 529 g/mol. The number of hydrogen-bond donors (Lipinski definition) is 1. The second-order valence-corrected chi connectivity index (χ2v) is 9.76.